The molecule has 0 saturated heterocycles. The Morgan fingerprint density at radius 2 is 1.90 bits per heavy atom. The van der Waals surface area contributed by atoms with Crippen molar-refractivity contribution in [1.82, 2.24) is 5.32 Å². The number of hydrogen-bond acceptors (Lipinski definition) is 3. The summed E-state index contributed by atoms with van der Waals surface area (Å²) in [5.41, 5.74) is 0.939. The van der Waals surface area contributed by atoms with Crippen molar-refractivity contribution >= 4 is 11.8 Å². The van der Waals surface area contributed by atoms with Crippen LogP contribution in [-0.2, 0) is 6.54 Å². The van der Waals surface area contributed by atoms with Gasteiger partial charge < -0.3 is 10.1 Å². The summed E-state index contributed by atoms with van der Waals surface area (Å²) in [6, 6.07) is 6.34. The summed E-state index contributed by atoms with van der Waals surface area (Å²) in [5.74, 6) is 2.05. The molecule has 0 aliphatic carbocycles. The smallest absolute Gasteiger partial charge is 0.406 e. The van der Waals surface area contributed by atoms with Gasteiger partial charge in [-0.25, -0.2) is 0 Å². The first-order chi connectivity index (χ1) is 9.40. The first-order valence-corrected chi connectivity index (χ1v) is 7.72. The molecule has 0 spiro atoms. The lowest BCUT2D eigenvalue weighted by Gasteiger charge is -2.14. The van der Waals surface area contributed by atoms with Crippen molar-refractivity contribution in [2.75, 3.05) is 11.5 Å². The van der Waals surface area contributed by atoms with E-state index in [2.05, 4.69) is 23.9 Å². The van der Waals surface area contributed by atoms with E-state index in [0.29, 0.717) is 12.6 Å². The van der Waals surface area contributed by atoms with Gasteiger partial charge in [-0.2, -0.15) is 11.8 Å². The van der Waals surface area contributed by atoms with Gasteiger partial charge in [0, 0.05) is 12.6 Å². The maximum atomic E-state index is 12.0. The van der Waals surface area contributed by atoms with Crippen LogP contribution in [0.1, 0.15) is 25.8 Å². The minimum Gasteiger partial charge on any atom is -0.406 e. The molecule has 1 aromatic carbocycles. The quantitative estimate of drug-likeness (QED) is 0.727. The molecule has 114 valence electrons. The molecule has 0 aliphatic heterocycles. The number of alkyl halides is 3. The number of nitrogens with one attached hydrogen (secondary N) is 1. The van der Waals surface area contributed by atoms with Gasteiger partial charge in [-0.1, -0.05) is 19.1 Å². The highest BCUT2D eigenvalue weighted by Gasteiger charge is 2.30. The molecule has 1 unspecified atom stereocenters. The molecular formula is C14H20F3NOS. The van der Waals surface area contributed by atoms with E-state index in [1.807, 2.05) is 11.8 Å². The van der Waals surface area contributed by atoms with Crippen LogP contribution in [0.4, 0.5) is 13.2 Å². The molecule has 6 heteroatoms. The number of thioether (sulfide) groups is 1. The van der Waals surface area contributed by atoms with Crippen LogP contribution in [0.15, 0.2) is 24.3 Å². The van der Waals surface area contributed by atoms with Gasteiger partial charge in [0.25, 0.3) is 0 Å². The monoisotopic (exact) mass is 307 g/mol. The average molecular weight is 307 g/mol. The topological polar surface area (TPSA) is 21.3 Å². The second kappa shape index (κ2) is 8.42. The Kier molecular flexibility index (Phi) is 7.23. The highest BCUT2D eigenvalue weighted by atomic mass is 32.2. The Balaban J connectivity index is 2.34. The first kappa shape index (κ1) is 17.2. The van der Waals surface area contributed by atoms with Gasteiger partial charge in [0.05, 0.1) is 0 Å². The van der Waals surface area contributed by atoms with E-state index in [9.17, 15) is 13.2 Å². The Hall–Kier alpha value is -0.880. The molecule has 1 atom stereocenters. The summed E-state index contributed by atoms with van der Waals surface area (Å²) in [7, 11) is 0. The van der Waals surface area contributed by atoms with Crippen LogP contribution in [0.3, 0.4) is 0 Å². The van der Waals surface area contributed by atoms with Crippen LogP contribution >= 0.6 is 11.8 Å². The fourth-order valence-corrected chi connectivity index (χ4v) is 2.42. The normalized spacial score (nSPS) is 13.2. The van der Waals surface area contributed by atoms with Gasteiger partial charge in [0.15, 0.2) is 0 Å². The third-order valence-corrected chi connectivity index (χ3v) is 3.64. The molecule has 0 amide bonds. The van der Waals surface area contributed by atoms with E-state index >= 15 is 0 Å². The molecule has 0 aromatic heterocycles. The second-order valence-electron chi connectivity index (χ2n) is 4.46. The fraction of sp³-hybridized carbons (Fsp3) is 0.571. The third kappa shape index (κ3) is 7.65. The van der Waals surface area contributed by atoms with Crippen molar-refractivity contribution in [1.29, 1.82) is 0 Å². The number of benzene rings is 1. The van der Waals surface area contributed by atoms with Crippen molar-refractivity contribution in [2.24, 2.45) is 0 Å². The van der Waals surface area contributed by atoms with Gasteiger partial charge in [-0.15, -0.1) is 13.2 Å². The Morgan fingerprint density at radius 1 is 1.25 bits per heavy atom. The molecule has 0 bridgehead atoms. The lowest BCUT2D eigenvalue weighted by atomic mass is 10.2. The largest absolute Gasteiger partial charge is 0.573 e. The van der Waals surface area contributed by atoms with Crippen LogP contribution in [0.2, 0.25) is 0 Å². The standard InChI is InChI=1S/C14H20F3NOS/c1-3-20-9-8-11(2)18-10-12-4-6-13(7-5-12)19-14(15,16)17/h4-7,11,18H,3,8-10H2,1-2H3. The van der Waals surface area contributed by atoms with Crippen LogP contribution in [0.5, 0.6) is 5.75 Å². The molecule has 1 aromatic rings. The summed E-state index contributed by atoms with van der Waals surface area (Å²) in [6.45, 7) is 4.88. The summed E-state index contributed by atoms with van der Waals surface area (Å²) in [5, 5.41) is 3.35. The summed E-state index contributed by atoms with van der Waals surface area (Å²) < 4.78 is 39.8. The zero-order valence-corrected chi connectivity index (χ0v) is 12.5. The molecule has 0 aliphatic rings. The molecule has 0 radical (unpaired) electrons. The highest BCUT2D eigenvalue weighted by molar-refractivity contribution is 7.99. The van der Waals surface area contributed by atoms with Crippen molar-refractivity contribution in [3.05, 3.63) is 29.8 Å². The van der Waals surface area contributed by atoms with Crippen LogP contribution in [0.25, 0.3) is 0 Å². The SMILES string of the molecule is CCSCCC(C)NCc1ccc(OC(F)(F)F)cc1. The van der Waals surface area contributed by atoms with E-state index in [1.54, 1.807) is 12.1 Å². The Morgan fingerprint density at radius 3 is 2.45 bits per heavy atom. The van der Waals surface area contributed by atoms with E-state index in [4.69, 9.17) is 0 Å². The second-order valence-corrected chi connectivity index (χ2v) is 5.85. The summed E-state index contributed by atoms with van der Waals surface area (Å²) >= 11 is 1.90. The molecule has 1 rings (SSSR count). The predicted molar refractivity (Wildman–Crippen MR) is 77.0 cm³/mol. The van der Waals surface area contributed by atoms with Crippen LogP contribution in [0, 0.1) is 0 Å². The molecule has 0 fully saturated rings. The van der Waals surface area contributed by atoms with Gasteiger partial charge >= 0.3 is 6.36 Å². The molecule has 0 heterocycles. The van der Waals surface area contributed by atoms with E-state index in [0.717, 1.165) is 23.5 Å². The lowest BCUT2D eigenvalue weighted by molar-refractivity contribution is -0.274. The van der Waals surface area contributed by atoms with E-state index < -0.39 is 6.36 Å². The van der Waals surface area contributed by atoms with Crippen LogP contribution < -0.4 is 10.1 Å². The molecule has 1 N–H and O–H groups in total. The lowest BCUT2D eigenvalue weighted by Crippen LogP contribution is -2.26. The fourth-order valence-electron chi connectivity index (χ4n) is 1.61. The third-order valence-electron chi connectivity index (χ3n) is 2.71. The van der Waals surface area contributed by atoms with Crippen molar-refractivity contribution < 1.29 is 17.9 Å². The summed E-state index contributed by atoms with van der Waals surface area (Å²) in [4.78, 5) is 0. The highest BCUT2D eigenvalue weighted by Crippen LogP contribution is 2.22. The van der Waals surface area contributed by atoms with E-state index in [-0.39, 0.29) is 5.75 Å². The average Bonchev–Trinajstić information content (AvgIpc) is 2.36. The van der Waals surface area contributed by atoms with Crippen LogP contribution in [-0.4, -0.2) is 23.9 Å². The summed E-state index contributed by atoms with van der Waals surface area (Å²) in [6.07, 6.45) is -3.56. The van der Waals surface area contributed by atoms with Gasteiger partial charge in [-0.3, -0.25) is 0 Å². The number of hydrogen-bond donors (Lipinski definition) is 1. The van der Waals surface area contributed by atoms with Crippen molar-refractivity contribution in [3.63, 3.8) is 0 Å². The predicted octanol–water partition coefficient (Wildman–Crippen LogP) is 4.21. The number of halogens is 3. The maximum absolute atomic E-state index is 12.0. The minimum atomic E-state index is -4.63. The zero-order valence-electron chi connectivity index (χ0n) is 11.7. The zero-order chi connectivity index (χ0) is 15.0. The number of rotatable bonds is 8. The maximum Gasteiger partial charge on any atom is 0.573 e. The molecule has 20 heavy (non-hydrogen) atoms. The van der Waals surface area contributed by atoms with E-state index in [1.165, 1.54) is 12.1 Å². The minimum absolute atomic E-state index is 0.186. The van der Waals surface area contributed by atoms with Gasteiger partial charge in [0.2, 0.25) is 0 Å². The van der Waals surface area contributed by atoms with Crippen molar-refractivity contribution in [3.8, 4) is 5.75 Å². The Labute approximate surface area is 122 Å². The first-order valence-electron chi connectivity index (χ1n) is 6.56. The van der Waals surface area contributed by atoms with Gasteiger partial charge in [-0.05, 0) is 42.5 Å². The Bertz CT molecular complexity index is 381. The molecule has 0 saturated carbocycles. The van der Waals surface area contributed by atoms with Crippen molar-refractivity contribution in [2.45, 2.75) is 39.2 Å². The molecular weight excluding hydrogens is 287 g/mol. The number of ether oxygens (including phenoxy) is 1. The van der Waals surface area contributed by atoms with Gasteiger partial charge in [0.1, 0.15) is 5.75 Å². The molecule has 2 nitrogen and oxygen atoms in total.